The van der Waals surface area contributed by atoms with Crippen LogP contribution in [0.15, 0.2) is 17.1 Å². The Balaban J connectivity index is 2.68. The first-order valence-corrected chi connectivity index (χ1v) is 4.86. The van der Waals surface area contributed by atoms with Gasteiger partial charge in [-0.25, -0.2) is 0 Å². The molecule has 0 amide bonds. The summed E-state index contributed by atoms with van der Waals surface area (Å²) in [5, 5.41) is 0.656. The van der Waals surface area contributed by atoms with Gasteiger partial charge in [0.1, 0.15) is 0 Å². The second-order valence-corrected chi connectivity index (χ2v) is 3.91. The predicted molar refractivity (Wildman–Crippen MR) is 57.8 cm³/mol. The molecule has 0 radical (unpaired) electrons. The number of nitrogens with zero attached hydrogens (tertiary/aromatic N) is 1. The Morgan fingerprint density at radius 2 is 2.14 bits per heavy atom. The molecule has 1 aliphatic rings. The van der Waals surface area contributed by atoms with Crippen LogP contribution >= 0.6 is 11.6 Å². The maximum Gasteiger partial charge on any atom is 0.173 e. The van der Waals surface area contributed by atoms with Crippen molar-refractivity contribution in [2.75, 3.05) is 0 Å². The Labute approximate surface area is 87.6 Å². The summed E-state index contributed by atoms with van der Waals surface area (Å²) in [6, 6.07) is 3.50. The molecule has 0 aliphatic carbocycles. The van der Waals surface area contributed by atoms with Crippen molar-refractivity contribution in [3.8, 4) is 0 Å². The fraction of sp³-hybridized carbons (Fsp3) is 0.273. The molecule has 0 bridgehead atoms. The third kappa shape index (κ3) is 1.26. The first kappa shape index (κ1) is 9.41. The van der Waals surface area contributed by atoms with Crippen molar-refractivity contribution in [3.05, 3.63) is 28.3 Å². The van der Waals surface area contributed by atoms with Crippen LogP contribution in [0.3, 0.4) is 0 Å². The maximum absolute atomic E-state index is 11.7. The van der Waals surface area contributed by atoms with Gasteiger partial charge in [0.05, 0.1) is 11.6 Å². The first-order chi connectivity index (χ1) is 6.61. The second-order valence-electron chi connectivity index (χ2n) is 3.50. The number of Topliss-reactive ketones (excluding diaryl/α,β-unsaturated/α-hetero) is 1. The lowest BCUT2D eigenvalue weighted by atomic mass is 9.94. The fourth-order valence-electron chi connectivity index (χ4n) is 1.54. The van der Waals surface area contributed by atoms with Crippen LogP contribution in [-0.4, -0.2) is 12.0 Å². The highest BCUT2D eigenvalue weighted by Gasteiger charge is 2.22. The Hall–Kier alpha value is -1.15. The molecule has 0 aromatic heterocycles. The van der Waals surface area contributed by atoms with Gasteiger partial charge in [-0.15, -0.1) is 0 Å². The first-order valence-electron chi connectivity index (χ1n) is 4.48. The molecule has 2 rings (SSSR count). The van der Waals surface area contributed by atoms with E-state index in [1.54, 1.807) is 18.3 Å². The van der Waals surface area contributed by atoms with Gasteiger partial charge in [0.15, 0.2) is 5.78 Å². The summed E-state index contributed by atoms with van der Waals surface area (Å²) in [5.74, 6) is -0.00200. The monoisotopic (exact) mass is 207 g/mol. The molecule has 0 spiro atoms. The summed E-state index contributed by atoms with van der Waals surface area (Å²) in [5.41, 5.74) is 2.28. The summed E-state index contributed by atoms with van der Waals surface area (Å²) in [6.07, 6.45) is 1.67. The molecule has 1 atom stereocenters. The SMILES string of the molecule is Cc1c(Cl)ccc2c1N=CC(C)C2=O. The quantitative estimate of drug-likeness (QED) is 0.643. The Bertz CT molecular complexity index is 437. The van der Waals surface area contributed by atoms with Crippen LogP contribution in [0.25, 0.3) is 0 Å². The van der Waals surface area contributed by atoms with Crippen molar-refractivity contribution in [2.45, 2.75) is 13.8 Å². The number of aliphatic imine (C=N–C) groups is 1. The smallest absolute Gasteiger partial charge is 0.173 e. The molecule has 1 aliphatic heterocycles. The molecule has 0 saturated heterocycles. The van der Waals surface area contributed by atoms with Crippen molar-refractivity contribution in [2.24, 2.45) is 10.9 Å². The van der Waals surface area contributed by atoms with E-state index < -0.39 is 0 Å². The normalized spacial score (nSPS) is 19.6. The van der Waals surface area contributed by atoms with E-state index in [1.165, 1.54) is 0 Å². The number of hydrogen-bond donors (Lipinski definition) is 0. The minimum absolute atomic E-state index is 0.120. The minimum Gasteiger partial charge on any atom is -0.293 e. The lowest BCUT2D eigenvalue weighted by Gasteiger charge is -2.15. The molecule has 1 aromatic rings. The number of ketones is 1. The van der Waals surface area contributed by atoms with Crippen LogP contribution in [0.5, 0.6) is 0 Å². The van der Waals surface area contributed by atoms with Gasteiger partial charge in [-0.2, -0.15) is 0 Å². The van der Waals surface area contributed by atoms with Crippen molar-refractivity contribution in [1.82, 2.24) is 0 Å². The van der Waals surface area contributed by atoms with E-state index in [4.69, 9.17) is 11.6 Å². The van der Waals surface area contributed by atoms with E-state index in [0.29, 0.717) is 10.6 Å². The average Bonchev–Trinajstić information content (AvgIpc) is 2.17. The van der Waals surface area contributed by atoms with Crippen LogP contribution in [0.2, 0.25) is 5.02 Å². The highest BCUT2D eigenvalue weighted by Crippen LogP contribution is 2.33. The zero-order valence-corrected chi connectivity index (χ0v) is 8.80. The van der Waals surface area contributed by atoms with E-state index in [9.17, 15) is 4.79 Å². The summed E-state index contributed by atoms with van der Waals surface area (Å²) in [7, 11) is 0. The summed E-state index contributed by atoms with van der Waals surface area (Å²) < 4.78 is 0. The van der Waals surface area contributed by atoms with Crippen molar-refractivity contribution in [3.63, 3.8) is 0 Å². The molecule has 1 unspecified atom stereocenters. The third-order valence-electron chi connectivity index (χ3n) is 2.47. The van der Waals surface area contributed by atoms with Gasteiger partial charge >= 0.3 is 0 Å². The van der Waals surface area contributed by atoms with Gasteiger partial charge in [0, 0.05) is 16.8 Å². The van der Waals surface area contributed by atoms with E-state index >= 15 is 0 Å². The maximum atomic E-state index is 11.7. The minimum atomic E-state index is -0.122. The van der Waals surface area contributed by atoms with Crippen molar-refractivity contribution < 1.29 is 4.79 Å². The van der Waals surface area contributed by atoms with Gasteiger partial charge < -0.3 is 0 Å². The molecular formula is C11H10ClNO. The highest BCUT2D eigenvalue weighted by atomic mass is 35.5. The standard InChI is InChI=1S/C11H10ClNO/c1-6-5-13-10-7(2)9(12)4-3-8(10)11(6)14/h3-6H,1-2H3. The summed E-state index contributed by atoms with van der Waals surface area (Å²) in [4.78, 5) is 16.0. The number of fused-ring (bicyclic) bond motifs is 1. The van der Waals surface area contributed by atoms with Crippen LogP contribution < -0.4 is 0 Å². The Morgan fingerprint density at radius 1 is 1.43 bits per heavy atom. The summed E-state index contributed by atoms with van der Waals surface area (Å²) in [6.45, 7) is 3.72. The molecule has 3 heteroatoms. The van der Waals surface area contributed by atoms with Crippen molar-refractivity contribution in [1.29, 1.82) is 0 Å². The number of benzene rings is 1. The lowest BCUT2D eigenvalue weighted by Crippen LogP contribution is -2.16. The number of halogens is 1. The molecular weight excluding hydrogens is 198 g/mol. The third-order valence-corrected chi connectivity index (χ3v) is 2.88. The topological polar surface area (TPSA) is 29.4 Å². The van der Waals surface area contributed by atoms with E-state index in [-0.39, 0.29) is 11.7 Å². The molecule has 1 heterocycles. The highest BCUT2D eigenvalue weighted by molar-refractivity contribution is 6.32. The molecule has 1 aromatic carbocycles. The number of rotatable bonds is 0. The van der Waals surface area contributed by atoms with E-state index in [1.807, 2.05) is 13.8 Å². The van der Waals surface area contributed by atoms with E-state index in [2.05, 4.69) is 4.99 Å². The lowest BCUT2D eigenvalue weighted by molar-refractivity contribution is 0.0962. The Kier molecular flexibility index (Phi) is 2.16. The molecule has 0 N–H and O–H groups in total. The number of carbonyl (C=O) groups excluding carboxylic acids is 1. The molecule has 0 saturated carbocycles. The van der Waals surface area contributed by atoms with Gasteiger partial charge in [-0.05, 0) is 24.6 Å². The fourth-order valence-corrected chi connectivity index (χ4v) is 1.69. The van der Waals surface area contributed by atoms with Gasteiger partial charge in [-0.3, -0.25) is 9.79 Å². The largest absolute Gasteiger partial charge is 0.293 e. The Morgan fingerprint density at radius 3 is 2.86 bits per heavy atom. The molecule has 2 nitrogen and oxygen atoms in total. The number of carbonyl (C=O) groups is 1. The average molecular weight is 208 g/mol. The van der Waals surface area contributed by atoms with Crippen LogP contribution in [0.4, 0.5) is 5.69 Å². The van der Waals surface area contributed by atoms with Gasteiger partial charge in [0.25, 0.3) is 0 Å². The molecule has 14 heavy (non-hydrogen) atoms. The number of hydrogen-bond acceptors (Lipinski definition) is 2. The van der Waals surface area contributed by atoms with Crippen LogP contribution in [0, 0.1) is 12.8 Å². The van der Waals surface area contributed by atoms with Crippen molar-refractivity contribution >= 4 is 29.3 Å². The predicted octanol–water partition coefficient (Wildman–Crippen LogP) is 3.18. The summed E-state index contributed by atoms with van der Waals surface area (Å²) >= 11 is 5.94. The van der Waals surface area contributed by atoms with Crippen LogP contribution in [-0.2, 0) is 0 Å². The molecule has 0 fully saturated rings. The zero-order valence-electron chi connectivity index (χ0n) is 8.04. The van der Waals surface area contributed by atoms with Gasteiger partial charge in [0.2, 0.25) is 0 Å². The second kappa shape index (κ2) is 3.21. The molecule has 72 valence electrons. The van der Waals surface area contributed by atoms with Gasteiger partial charge in [-0.1, -0.05) is 18.5 Å². The zero-order chi connectivity index (χ0) is 10.3. The van der Waals surface area contributed by atoms with E-state index in [0.717, 1.165) is 11.3 Å². The van der Waals surface area contributed by atoms with Crippen LogP contribution in [0.1, 0.15) is 22.8 Å².